The van der Waals surface area contributed by atoms with E-state index in [0.717, 1.165) is 5.56 Å². The molecule has 1 rings (SSSR count). The van der Waals surface area contributed by atoms with Gasteiger partial charge >= 0.3 is 0 Å². The Labute approximate surface area is 97.3 Å². The quantitative estimate of drug-likeness (QED) is 0.852. The largest absolute Gasteiger partial charge is 0.369 e. The van der Waals surface area contributed by atoms with Gasteiger partial charge in [0.15, 0.2) is 0 Å². The number of nitrogens with two attached hydrogens (primary N) is 1. The summed E-state index contributed by atoms with van der Waals surface area (Å²) < 4.78 is 13.8. The molecule has 0 aliphatic rings. The first-order valence-corrected chi connectivity index (χ1v) is 5.69. The molecule has 2 nitrogen and oxygen atoms in total. The zero-order valence-electron chi connectivity index (χ0n) is 10.5. The first-order valence-electron chi connectivity index (χ1n) is 5.69. The molecule has 0 bridgehead atoms. The van der Waals surface area contributed by atoms with Crippen molar-refractivity contribution in [3.8, 4) is 0 Å². The summed E-state index contributed by atoms with van der Waals surface area (Å²) in [5.74, 6) is 0.271. The third kappa shape index (κ3) is 2.53. The zero-order valence-corrected chi connectivity index (χ0v) is 10.5. The molecule has 0 aromatic heterocycles. The van der Waals surface area contributed by atoms with Crippen LogP contribution in [0.2, 0.25) is 0 Å². The van der Waals surface area contributed by atoms with Crippen LogP contribution in [-0.4, -0.2) is 13.1 Å². The fraction of sp³-hybridized carbons (Fsp3) is 0.538. The highest BCUT2D eigenvalue weighted by Crippen LogP contribution is 2.26. The second kappa shape index (κ2) is 5.30. The molecule has 0 aliphatic carbocycles. The van der Waals surface area contributed by atoms with Crippen LogP contribution in [0.3, 0.4) is 0 Å². The molecule has 1 unspecified atom stereocenters. The molecule has 3 heteroatoms. The third-order valence-electron chi connectivity index (χ3n) is 3.22. The van der Waals surface area contributed by atoms with Crippen LogP contribution in [0.1, 0.15) is 26.3 Å². The summed E-state index contributed by atoms with van der Waals surface area (Å²) in [5.41, 5.74) is 7.13. The van der Waals surface area contributed by atoms with Crippen molar-refractivity contribution in [2.45, 2.75) is 33.4 Å². The van der Waals surface area contributed by atoms with Gasteiger partial charge in [-0.25, -0.2) is 4.39 Å². The smallest absolute Gasteiger partial charge is 0.146 e. The summed E-state index contributed by atoms with van der Waals surface area (Å²) in [6.07, 6.45) is 0. The first kappa shape index (κ1) is 13.0. The highest BCUT2D eigenvalue weighted by molar-refractivity contribution is 5.55. The van der Waals surface area contributed by atoms with E-state index >= 15 is 0 Å². The SMILES string of the molecule is CC(C)C(C)N(C)c1c(F)cccc1CN. The van der Waals surface area contributed by atoms with Crippen molar-refractivity contribution in [1.82, 2.24) is 0 Å². The van der Waals surface area contributed by atoms with E-state index in [1.807, 2.05) is 18.0 Å². The highest BCUT2D eigenvalue weighted by Gasteiger charge is 2.19. The Morgan fingerprint density at radius 2 is 1.94 bits per heavy atom. The second-order valence-corrected chi connectivity index (χ2v) is 4.55. The maximum Gasteiger partial charge on any atom is 0.146 e. The Kier molecular flexibility index (Phi) is 4.30. The molecule has 1 aromatic rings. The molecule has 1 aromatic carbocycles. The number of rotatable bonds is 4. The number of para-hydroxylation sites is 1. The summed E-state index contributed by atoms with van der Waals surface area (Å²) in [7, 11) is 1.92. The molecule has 0 heterocycles. The lowest BCUT2D eigenvalue weighted by molar-refractivity contribution is 0.496. The average Bonchev–Trinajstić information content (AvgIpc) is 2.26. The van der Waals surface area contributed by atoms with Crippen molar-refractivity contribution in [2.24, 2.45) is 11.7 Å². The van der Waals surface area contributed by atoms with Gasteiger partial charge < -0.3 is 10.6 Å². The summed E-state index contributed by atoms with van der Waals surface area (Å²) in [5, 5.41) is 0. The number of nitrogens with zero attached hydrogens (tertiary/aromatic N) is 1. The van der Waals surface area contributed by atoms with Gasteiger partial charge in [-0.1, -0.05) is 26.0 Å². The molecule has 90 valence electrons. The lowest BCUT2D eigenvalue weighted by atomic mass is 10.0. The van der Waals surface area contributed by atoms with Gasteiger partial charge in [-0.05, 0) is 24.5 Å². The van der Waals surface area contributed by atoms with Gasteiger partial charge in [0.2, 0.25) is 0 Å². The molecule has 0 saturated carbocycles. The third-order valence-corrected chi connectivity index (χ3v) is 3.22. The Morgan fingerprint density at radius 1 is 1.31 bits per heavy atom. The predicted octanol–water partition coefficient (Wildman–Crippen LogP) is 2.77. The minimum atomic E-state index is -0.196. The monoisotopic (exact) mass is 224 g/mol. The van der Waals surface area contributed by atoms with E-state index in [9.17, 15) is 4.39 Å². The number of hydrogen-bond donors (Lipinski definition) is 1. The van der Waals surface area contributed by atoms with E-state index in [-0.39, 0.29) is 11.9 Å². The van der Waals surface area contributed by atoms with Gasteiger partial charge in [-0.2, -0.15) is 0 Å². The summed E-state index contributed by atoms with van der Waals surface area (Å²) in [4.78, 5) is 1.97. The number of anilines is 1. The van der Waals surface area contributed by atoms with Gasteiger partial charge in [-0.15, -0.1) is 0 Å². The van der Waals surface area contributed by atoms with Crippen molar-refractivity contribution in [3.05, 3.63) is 29.6 Å². The molecule has 1 atom stereocenters. The molecule has 0 amide bonds. The summed E-state index contributed by atoms with van der Waals surface area (Å²) in [6, 6.07) is 5.34. The molecule has 16 heavy (non-hydrogen) atoms. The Bertz CT molecular complexity index is 350. The van der Waals surface area contributed by atoms with Crippen LogP contribution in [0.15, 0.2) is 18.2 Å². The second-order valence-electron chi connectivity index (χ2n) is 4.55. The van der Waals surface area contributed by atoms with Gasteiger partial charge in [0, 0.05) is 19.6 Å². The van der Waals surface area contributed by atoms with Crippen molar-refractivity contribution in [3.63, 3.8) is 0 Å². The molecule has 0 radical (unpaired) electrons. The van der Waals surface area contributed by atoms with Crippen LogP contribution in [0, 0.1) is 11.7 Å². The maximum absolute atomic E-state index is 13.8. The average molecular weight is 224 g/mol. The topological polar surface area (TPSA) is 29.3 Å². The lowest BCUT2D eigenvalue weighted by Crippen LogP contribution is -2.34. The first-order chi connectivity index (χ1) is 7.49. The van der Waals surface area contributed by atoms with Crippen molar-refractivity contribution >= 4 is 5.69 Å². The molecule has 0 aliphatic heterocycles. The van der Waals surface area contributed by atoms with Crippen LogP contribution in [0.4, 0.5) is 10.1 Å². The normalized spacial score (nSPS) is 12.9. The van der Waals surface area contributed by atoms with Crippen molar-refractivity contribution in [1.29, 1.82) is 0 Å². The van der Waals surface area contributed by atoms with Crippen molar-refractivity contribution in [2.75, 3.05) is 11.9 Å². The highest BCUT2D eigenvalue weighted by atomic mass is 19.1. The van der Waals surface area contributed by atoms with E-state index < -0.39 is 0 Å². The zero-order chi connectivity index (χ0) is 12.3. The van der Waals surface area contributed by atoms with Crippen LogP contribution >= 0.6 is 0 Å². The van der Waals surface area contributed by atoms with E-state index in [1.165, 1.54) is 6.07 Å². The number of benzene rings is 1. The number of halogens is 1. The lowest BCUT2D eigenvalue weighted by Gasteiger charge is -2.31. The van der Waals surface area contributed by atoms with Crippen molar-refractivity contribution < 1.29 is 4.39 Å². The Morgan fingerprint density at radius 3 is 2.44 bits per heavy atom. The Balaban J connectivity index is 3.11. The van der Waals surface area contributed by atoms with Crippen LogP contribution in [0.5, 0.6) is 0 Å². The standard InChI is InChI=1S/C13H21FN2/c1-9(2)10(3)16(4)13-11(8-15)6-5-7-12(13)14/h5-7,9-10H,8,15H2,1-4H3. The van der Waals surface area contributed by atoms with E-state index in [4.69, 9.17) is 5.73 Å². The predicted molar refractivity (Wildman–Crippen MR) is 67.0 cm³/mol. The molecule has 0 saturated heterocycles. The van der Waals surface area contributed by atoms with Gasteiger partial charge in [-0.3, -0.25) is 0 Å². The number of hydrogen-bond acceptors (Lipinski definition) is 2. The van der Waals surface area contributed by atoms with E-state index in [0.29, 0.717) is 18.2 Å². The molecular weight excluding hydrogens is 203 g/mol. The molecule has 2 N–H and O–H groups in total. The fourth-order valence-corrected chi connectivity index (χ4v) is 1.77. The van der Waals surface area contributed by atoms with Crippen LogP contribution in [0.25, 0.3) is 0 Å². The van der Waals surface area contributed by atoms with Crippen LogP contribution < -0.4 is 10.6 Å². The minimum absolute atomic E-state index is 0.196. The van der Waals surface area contributed by atoms with Gasteiger partial charge in [0.1, 0.15) is 5.82 Å². The fourth-order valence-electron chi connectivity index (χ4n) is 1.77. The Hall–Kier alpha value is -1.09. The van der Waals surface area contributed by atoms with E-state index in [1.54, 1.807) is 6.07 Å². The summed E-state index contributed by atoms with van der Waals surface area (Å²) in [6.45, 7) is 6.72. The van der Waals surface area contributed by atoms with Gasteiger partial charge in [0.05, 0.1) is 5.69 Å². The molecular formula is C13H21FN2. The summed E-state index contributed by atoms with van der Waals surface area (Å²) >= 11 is 0. The molecule has 0 spiro atoms. The van der Waals surface area contributed by atoms with Gasteiger partial charge in [0.25, 0.3) is 0 Å². The minimum Gasteiger partial charge on any atom is -0.369 e. The maximum atomic E-state index is 13.8. The van der Waals surface area contributed by atoms with Crippen LogP contribution in [-0.2, 0) is 6.54 Å². The van der Waals surface area contributed by atoms with E-state index in [2.05, 4.69) is 20.8 Å². The molecule has 0 fully saturated rings.